The van der Waals surface area contributed by atoms with Crippen molar-refractivity contribution in [2.75, 3.05) is 19.6 Å². The molecule has 1 aromatic carbocycles. The van der Waals surface area contributed by atoms with Crippen LogP contribution in [0.1, 0.15) is 36.5 Å². The van der Waals surface area contributed by atoms with Gasteiger partial charge in [-0.05, 0) is 54.4 Å². The molecule has 3 nitrogen and oxygen atoms in total. The maximum atomic E-state index is 13.9. The lowest BCUT2D eigenvalue weighted by Crippen LogP contribution is -2.42. The number of hydrogen-bond donors (Lipinski definition) is 1. The molecule has 0 bridgehead atoms. The Morgan fingerprint density at radius 3 is 3.00 bits per heavy atom. The largest absolute Gasteiger partial charge is 0.351 e. The number of halogens is 3. The van der Waals surface area contributed by atoms with Crippen LogP contribution in [0.25, 0.3) is 0 Å². The molecule has 0 aromatic heterocycles. The Kier molecular flexibility index (Phi) is 6.02. The number of nitrogens with zero attached hydrogens (tertiary/aromatic N) is 1. The van der Waals surface area contributed by atoms with E-state index < -0.39 is 11.7 Å². The summed E-state index contributed by atoms with van der Waals surface area (Å²) in [6.45, 7) is 4.56. The maximum Gasteiger partial charge on any atom is 0.254 e. The summed E-state index contributed by atoms with van der Waals surface area (Å²) in [7, 11) is 0. The third-order valence-electron chi connectivity index (χ3n) is 3.86. The highest BCUT2D eigenvalue weighted by molar-refractivity contribution is 9.10. The first-order valence-corrected chi connectivity index (χ1v) is 8.33. The molecule has 1 atom stereocenters. The highest BCUT2D eigenvalue weighted by Gasteiger charge is 2.19. The number of likely N-dealkylation sites (tertiary alicyclic amines) is 1. The van der Waals surface area contributed by atoms with Crippen LogP contribution in [0.5, 0.6) is 0 Å². The predicted octanol–water partition coefficient (Wildman–Crippen LogP) is 3.85. The predicted molar refractivity (Wildman–Crippen MR) is 86.3 cm³/mol. The van der Waals surface area contributed by atoms with E-state index in [4.69, 9.17) is 11.6 Å². The molecule has 21 heavy (non-hydrogen) atoms. The number of benzene rings is 1. The third kappa shape index (κ3) is 4.41. The molecule has 1 heterocycles. The second-order valence-electron chi connectivity index (χ2n) is 5.39. The molecule has 0 spiro atoms. The summed E-state index contributed by atoms with van der Waals surface area (Å²) in [5.41, 5.74) is -0.0268. The van der Waals surface area contributed by atoms with Crippen LogP contribution in [0.2, 0.25) is 5.02 Å². The number of piperidine rings is 1. The molecule has 0 radical (unpaired) electrons. The molecule has 6 heteroatoms. The van der Waals surface area contributed by atoms with Gasteiger partial charge in [0.05, 0.1) is 10.0 Å². The van der Waals surface area contributed by atoms with E-state index in [0.717, 1.165) is 13.1 Å². The van der Waals surface area contributed by atoms with Gasteiger partial charge in [-0.1, -0.05) is 18.0 Å². The van der Waals surface area contributed by atoms with E-state index in [-0.39, 0.29) is 10.0 Å². The van der Waals surface area contributed by atoms with E-state index in [9.17, 15) is 9.18 Å². The number of rotatable bonds is 4. The Morgan fingerprint density at radius 1 is 1.52 bits per heavy atom. The van der Waals surface area contributed by atoms with Crippen LogP contribution in [-0.4, -0.2) is 36.5 Å². The van der Waals surface area contributed by atoms with Gasteiger partial charge < -0.3 is 5.32 Å². The van der Waals surface area contributed by atoms with Crippen molar-refractivity contribution in [3.63, 3.8) is 0 Å². The SMILES string of the molecule is C[C@H]1CCCCN1CCNC(=O)c1cc(Cl)cc(Br)c1F. The van der Waals surface area contributed by atoms with Crippen molar-refractivity contribution in [3.05, 3.63) is 33.0 Å². The molecular formula is C15H19BrClFN2O. The Balaban J connectivity index is 1.90. The molecule has 1 aromatic rings. The van der Waals surface area contributed by atoms with Gasteiger partial charge in [0.2, 0.25) is 0 Å². The zero-order valence-electron chi connectivity index (χ0n) is 12.0. The first kappa shape index (κ1) is 16.7. The van der Waals surface area contributed by atoms with E-state index in [2.05, 4.69) is 33.1 Å². The summed E-state index contributed by atoms with van der Waals surface area (Å²) in [4.78, 5) is 14.4. The van der Waals surface area contributed by atoms with Crippen LogP contribution in [0.3, 0.4) is 0 Å². The van der Waals surface area contributed by atoms with Crippen LogP contribution in [0, 0.1) is 5.82 Å². The second kappa shape index (κ2) is 7.56. The van der Waals surface area contributed by atoms with E-state index in [1.807, 2.05) is 0 Å². The van der Waals surface area contributed by atoms with Crippen LogP contribution in [0.15, 0.2) is 16.6 Å². The van der Waals surface area contributed by atoms with Crippen molar-refractivity contribution in [1.82, 2.24) is 10.2 Å². The third-order valence-corrected chi connectivity index (χ3v) is 4.66. The van der Waals surface area contributed by atoms with E-state index in [1.165, 1.54) is 31.4 Å². The minimum Gasteiger partial charge on any atom is -0.351 e. The lowest BCUT2D eigenvalue weighted by Gasteiger charge is -2.33. The van der Waals surface area contributed by atoms with E-state index in [1.54, 1.807) is 0 Å². The summed E-state index contributed by atoms with van der Waals surface area (Å²) >= 11 is 8.91. The fraction of sp³-hybridized carbons (Fsp3) is 0.533. The average Bonchev–Trinajstić information content (AvgIpc) is 2.44. The zero-order chi connectivity index (χ0) is 15.4. The zero-order valence-corrected chi connectivity index (χ0v) is 14.3. The van der Waals surface area contributed by atoms with Crippen LogP contribution in [0.4, 0.5) is 4.39 Å². The number of nitrogens with one attached hydrogen (secondary N) is 1. The topological polar surface area (TPSA) is 32.3 Å². The number of carbonyl (C=O) groups excluding carboxylic acids is 1. The van der Waals surface area contributed by atoms with E-state index in [0.29, 0.717) is 17.6 Å². The molecule has 0 saturated carbocycles. The van der Waals surface area contributed by atoms with Crippen LogP contribution < -0.4 is 5.32 Å². The molecule has 1 fully saturated rings. The number of hydrogen-bond acceptors (Lipinski definition) is 2. The Bertz CT molecular complexity index is 527. The van der Waals surface area contributed by atoms with Gasteiger partial charge in [-0.15, -0.1) is 0 Å². The summed E-state index contributed by atoms with van der Waals surface area (Å²) in [5.74, 6) is -1.01. The lowest BCUT2D eigenvalue weighted by molar-refractivity contribution is 0.0934. The summed E-state index contributed by atoms with van der Waals surface area (Å²) < 4.78 is 14.1. The monoisotopic (exact) mass is 376 g/mol. The minimum atomic E-state index is -0.580. The fourth-order valence-corrected chi connectivity index (χ4v) is 3.43. The van der Waals surface area contributed by atoms with Crippen molar-refractivity contribution in [2.24, 2.45) is 0 Å². The van der Waals surface area contributed by atoms with Crippen molar-refractivity contribution >= 4 is 33.4 Å². The van der Waals surface area contributed by atoms with Crippen molar-refractivity contribution in [1.29, 1.82) is 0 Å². The highest BCUT2D eigenvalue weighted by atomic mass is 79.9. The second-order valence-corrected chi connectivity index (χ2v) is 6.68. The smallest absolute Gasteiger partial charge is 0.254 e. The standard InChI is InChI=1S/C15H19BrClFN2O/c1-10-4-2-3-6-20(10)7-5-19-15(21)12-8-11(17)9-13(16)14(12)18/h8-10H,2-7H2,1H3,(H,19,21)/t10-/m0/s1. The molecular weight excluding hydrogens is 359 g/mol. The van der Waals surface area contributed by atoms with Gasteiger partial charge in [0.1, 0.15) is 5.82 Å². The fourth-order valence-electron chi connectivity index (χ4n) is 2.62. The van der Waals surface area contributed by atoms with Crippen LogP contribution >= 0.6 is 27.5 Å². The minimum absolute atomic E-state index is 0.0268. The first-order chi connectivity index (χ1) is 9.99. The first-order valence-electron chi connectivity index (χ1n) is 7.16. The van der Waals surface area contributed by atoms with Gasteiger partial charge in [0.25, 0.3) is 5.91 Å². The molecule has 1 aliphatic heterocycles. The average molecular weight is 378 g/mol. The van der Waals surface area contributed by atoms with Gasteiger partial charge in [-0.25, -0.2) is 4.39 Å². The molecule has 0 aliphatic carbocycles. The molecule has 2 rings (SSSR count). The lowest BCUT2D eigenvalue weighted by atomic mass is 10.0. The van der Waals surface area contributed by atoms with Crippen LogP contribution in [-0.2, 0) is 0 Å². The Hall–Kier alpha value is -0.650. The molecule has 1 saturated heterocycles. The summed E-state index contributed by atoms with van der Waals surface area (Å²) in [6, 6.07) is 3.33. The summed E-state index contributed by atoms with van der Waals surface area (Å²) in [5, 5.41) is 3.09. The van der Waals surface area contributed by atoms with Gasteiger partial charge in [0.15, 0.2) is 0 Å². The molecule has 1 amide bonds. The number of carbonyl (C=O) groups is 1. The quantitative estimate of drug-likeness (QED) is 0.809. The number of amides is 1. The van der Waals surface area contributed by atoms with Gasteiger partial charge in [-0.3, -0.25) is 9.69 Å². The van der Waals surface area contributed by atoms with Crippen molar-refractivity contribution < 1.29 is 9.18 Å². The maximum absolute atomic E-state index is 13.9. The highest BCUT2D eigenvalue weighted by Crippen LogP contribution is 2.24. The van der Waals surface area contributed by atoms with Crippen molar-refractivity contribution in [2.45, 2.75) is 32.2 Å². The molecule has 116 valence electrons. The molecule has 0 unspecified atom stereocenters. The Labute approximate surface area is 138 Å². The van der Waals surface area contributed by atoms with Gasteiger partial charge >= 0.3 is 0 Å². The summed E-state index contributed by atoms with van der Waals surface area (Å²) in [6.07, 6.45) is 3.67. The molecule has 1 aliphatic rings. The van der Waals surface area contributed by atoms with Gasteiger partial charge in [0, 0.05) is 24.2 Å². The van der Waals surface area contributed by atoms with Crippen molar-refractivity contribution in [3.8, 4) is 0 Å². The van der Waals surface area contributed by atoms with E-state index >= 15 is 0 Å². The Morgan fingerprint density at radius 2 is 2.29 bits per heavy atom. The van der Waals surface area contributed by atoms with Gasteiger partial charge in [-0.2, -0.15) is 0 Å². The molecule has 1 N–H and O–H groups in total. The normalized spacial score (nSPS) is 19.5.